The van der Waals surface area contributed by atoms with Gasteiger partial charge in [0.1, 0.15) is 0 Å². The molecule has 0 radical (unpaired) electrons. The highest BCUT2D eigenvalue weighted by Crippen LogP contribution is 2.47. The molecule has 0 fully saturated rings. The smallest absolute Gasteiger partial charge is 0.335 e. The van der Waals surface area contributed by atoms with Crippen LogP contribution < -0.4 is 4.90 Å². The summed E-state index contributed by atoms with van der Waals surface area (Å²) >= 11 is 0. The SMILES string of the molecule is CCCCCCC(O)OC(=N)C(=O)N(c1ccc(C(=O)O)cc1)c1ccc2c(c1)C(C)(C)CCC2(C)C. The van der Waals surface area contributed by atoms with Gasteiger partial charge in [0.05, 0.1) is 5.56 Å². The number of ether oxygens (including phenoxy) is 1. The Kier molecular flexibility index (Phi) is 8.80. The van der Waals surface area contributed by atoms with E-state index in [1.807, 2.05) is 18.2 Å². The zero-order valence-corrected chi connectivity index (χ0v) is 22.6. The number of amides is 1. The Labute approximate surface area is 220 Å². The quantitative estimate of drug-likeness (QED) is 0.151. The number of anilines is 2. The Bertz CT molecular complexity index is 1140. The molecule has 0 aliphatic heterocycles. The third-order valence-corrected chi connectivity index (χ3v) is 7.42. The van der Waals surface area contributed by atoms with Gasteiger partial charge in [-0.3, -0.25) is 15.1 Å². The molecule has 2 aromatic rings. The van der Waals surface area contributed by atoms with Crippen LogP contribution in [0.4, 0.5) is 11.4 Å². The minimum atomic E-state index is -1.24. The summed E-state index contributed by atoms with van der Waals surface area (Å²) < 4.78 is 5.32. The summed E-state index contributed by atoms with van der Waals surface area (Å²) in [5.74, 6) is -2.46. The van der Waals surface area contributed by atoms with Crippen molar-refractivity contribution >= 4 is 29.1 Å². The van der Waals surface area contributed by atoms with Crippen molar-refractivity contribution in [2.75, 3.05) is 4.90 Å². The van der Waals surface area contributed by atoms with Crippen LogP contribution in [-0.4, -0.2) is 34.3 Å². The predicted octanol–water partition coefficient (Wildman–Crippen LogP) is 6.68. The number of nitrogens with zero attached hydrogens (tertiary/aromatic N) is 1. The highest BCUT2D eigenvalue weighted by atomic mass is 16.6. The number of unbranched alkanes of at least 4 members (excludes halogenated alkanes) is 3. The molecule has 0 aromatic heterocycles. The van der Waals surface area contributed by atoms with Crippen LogP contribution in [0, 0.1) is 5.41 Å². The van der Waals surface area contributed by atoms with E-state index >= 15 is 0 Å². The van der Waals surface area contributed by atoms with Crippen molar-refractivity contribution in [3.05, 3.63) is 59.2 Å². The number of aliphatic hydroxyl groups excluding tert-OH is 1. The molecule has 7 nitrogen and oxygen atoms in total. The lowest BCUT2D eigenvalue weighted by Gasteiger charge is -2.42. The average molecular weight is 509 g/mol. The fourth-order valence-corrected chi connectivity index (χ4v) is 4.95. The van der Waals surface area contributed by atoms with Gasteiger partial charge in [0.25, 0.3) is 5.90 Å². The molecule has 7 heteroatoms. The average Bonchev–Trinajstić information content (AvgIpc) is 2.85. The van der Waals surface area contributed by atoms with Gasteiger partial charge in [0.2, 0.25) is 0 Å². The zero-order chi connectivity index (χ0) is 27.4. The van der Waals surface area contributed by atoms with Crippen LogP contribution in [0.25, 0.3) is 0 Å². The molecule has 2 aromatic carbocycles. The van der Waals surface area contributed by atoms with Crippen LogP contribution in [0.2, 0.25) is 0 Å². The fourth-order valence-electron chi connectivity index (χ4n) is 4.95. The molecule has 0 bridgehead atoms. The molecule has 0 saturated carbocycles. The molecule has 1 aliphatic rings. The Balaban J connectivity index is 1.97. The number of carbonyl (C=O) groups is 2. The van der Waals surface area contributed by atoms with Gasteiger partial charge in [-0.25, -0.2) is 4.79 Å². The van der Waals surface area contributed by atoms with E-state index in [0.717, 1.165) is 44.1 Å². The number of carboxylic acids is 1. The number of aliphatic hydroxyl groups is 1. The lowest BCUT2D eigenvalue weighted by atomic mass is 9.63. The first kappa shape index (κ1) is 28.4. The van der Waals surface area contributed by atoms with Gasteiger partial charge in [0, 0.05) is 17.8 Å². The summed E-state index contributed by atoms with van der Waals surface area (Å²) in [6.45, 7) is 10.9. The Morgan fingerprint density at radius 1 is 0.946 bits per heavy atom. The van der Waals surface area contributed by atoms with Crippen molar-refractivity contribution < 1.29 is 24.5 Å². The normalized spacial score (nSPS) is 16.4. The van der Waals surface area contributed by atoms with E-state index < -0.39 is 24.1 Å². The number of rotatable bonds is 9. The number of carboxylic acid groups (broad SMARTS) is 1. The van der Waals surface area contributed by atoms with Crippen LogP contribution in [0.15, 0.2) is 42.5 Å². The molecule has 1 unspecified atom stereocenters. The van der Waals surface area contributed by atoms with Crippen LogP contribution in [0.1, 0.15) is 101 Å². The van der Waals surface area contributed by atoms with Crippen molar-refractivity contribution in [1.29, 1.82) is 5.41 Å². The van der Waals surface area contributed by atoms with Gasteiger partial charge in [0.15, 0.2) is 6.29 Å². The molecule has 1 atom stereocenters. The Morgan fingerprint density at radius 3 is 2.14 bits per heavy atom. The standard InChI is InChI=1S/C30H40N2O5/c1-6-7-8-9-10-25(33)37-26(31)27(34)32(21-13-11-20(12-14-21)28(35)36)22-15-16-23-24(19-22)30(4,5)18-17-29(23,2)3/h11-16,19,25,31,33H,6-10,17-18H2,1-5H3,(H,35,36). The number of aromatic carboxylic acids is 1. The first-order chi connectivity index (χ1) is 17.4. The molecule has 0 heterocycles. The van der Waals surface area contributed by atoms with Gasteiger partial charge in [-0.15, -0.1) is 0 Å². The molecule has 1 amide bonds. The Hall–Kier alpha value is -3.19. The molecular weight excluding hydrogens is 468 g/mol. The van der Waals surface area contributed by atoms with Gasteiger partial charge < -0.3 is 14.9 Å². The van der Waals surface area contributed by atoms with Gasteiger partial charge in [-0.2, -0.15) is 0 Å². The van der Waals surface area contributed by atoms with Crippen LogP contribution in [0.5, 0.6) is 0 Å². The topological polar surface area (TPSA) is 111 Å². The van der Waals surface area contributed by atoms with Crippen LogP contribution in [-0.2, 0) is 20.4 Å². The van der Waals surface area contributed by atoms with E-state index in [2.05, 4.69) is 34.6 Å². The molecule has 0 spiro atoms. The number of fused-ring (bicyclic) bond motifs is 1. The van der Waals surface area contributed by atoms with Crippen molar-refractivity contribution in [3.63, 3.8) is 0 Å². The minimum absolute atomic E-state index is 0.000929. The largest absolute Gasteiger partial charge is 0.478 e. The molecule has 200 valence electrons. The second kappa shape index (κ2) is 11.5. The van der Waals surface area contributed by atoms with Crippen molar-refractivity contribution in [2.24, 2.45) is 0 Å². The second-order valence-electron chi connectivity index (χ2n) is 11.2. The van der Waals surface area contributed by atoms with Gasteiger partial charge in [-0.05, 0) is 77.6 Å². The summed E-state index contributed by atoms with van der Waals surface area (Å²) in [4.78, 5) is 26.3. The number of carbonyl (C=O) groups excluding carboxylic acids is 1. The predicted molar refractivity (Wildman–Crippen MR) is 146 cm³/mol. The van der Waals surface area contributed by atoms with E-state index in [1.165, 1.54) is 22.6 Å². The number of nitrogens with one attached hydrogen (secondary N) is 1. The van der Waals surface area contributed by atoms with Crippen LogP contribution >= 0.6 is 0 Å². The highest BCUT2D eigenvalue weighted by Gasteiger charge is 2.38. The van der Waals surface area contributed by atoms with E-state index in [-0.39, 0.29) is 16.4 Å². The van der Waals surface area contributed by atoms with Crippen molar-refractivity contribution in [3.8, 4) is 0 Å². The molecule has 37 heavy (non-hydrogen) atoms. The summed E-state index contributed by atoms with van der Waals surface area (Å²) in [5, 5.41) is 27.9. The lowest BCUT2D eigenvalue weighted by Crippen LogP contribution is -2.37. The van der Waals surface area contributed by atoms with E-state index in [4.69, 9.17) is 10.1 Å². The lowest BCUT2D eigenvalue weighted by molar-refractivity contribution is -0.116. The maximum absolute atomic E-state index is 13.6. The molecule has 3 rings (SSSR count). The third kappa shape index (κ3) is 6.58. The molecule has 0 saturated heterocycles. The maximum Gasteiger partial charge on any atom is 0.335 e. The Morgan fingerprint density at radius 2 is 1.54 bits per heavy atom. The monoisotopic (exact) mass is 508 g/mol. The van der Waals surface area contributed by atoms with Gasteiger partial charge >= 0.3 is 11.9 Å². The minimum Gasteiger partial charge on any atom is -0.478 e. The fraction of sp³-hybridized carbons (Fsp3) is 0.500. The zero-order valence-electron chi connectivity index (χ0n) is 22.6. The summed E-state index contributed by atoms with van der Waals surface area (Å²) in [6, 6.07) is 11.8. The summed E-state index contributed by atoms with van der Waals surface area (Å²) in [6.07, 6.45) is 4.96. The van der Waals surface area contributed by atoms with Crippen molar-refractivity contribution in [2.45, 2.75) is 96.7 Å². The molecule has 1 aliphatic carbocycles. The number of hydrogen-bond acceptors (Lipinski definition) is 5. The first-order valence-corrected chi connectivity index (χ1v) is 13.1. The number of hydrogen-bond donors (Lipinski definition) is 3. The summed E-state index contributed by atoms with van der Waals surface area (Å²) in [7, 11) is 0. The third-order valence-electron chi connectivity index (χ3n) is 7.42. The number of benzene rings is 2. The van der Waals surface area contributed by atoms with E-state index in [1.54, 1.807) is 12.1 Å². The van der Waals surface area contributed by atoms with E-state index in [9.17, 15) is 19.8 Å². The second-order valence-corrected chi connectivity index (χ2v) is 11.2. The maximum atomic E-state index is 13.6. The first-order valence-electron chi connectivity index (χ1n) is 13.1. The highest BCUT2D eigenvalue weighted by molar-refractivity contribution is 6.41. The van der Waals surface area contributed by atoms with E-state index in [0.29, 0.717) is 17.8 Å². The molecule has 3 N–H and O–H groups in total. The van der Waals surface area contributed by atoms with Crippen molar-refractivity contribution in [1.82, 2.24) is 0 Å². The van der Waals surface area contributed by atoms with Gasteiger partial charge in [-0.1, -0.05) is 59.9 Å². The summed E-state index contributed by atoms with van der Waals surface area (Å²) in [5.41, 5.74) is 3.34. The van der Waals surface area contributed by atoms with Crippen LogP contribution in [0.3, 0.4) is 0 Å². The molecular formula is C30H40N2O5.